The predicted octanol–water partition coefficient (Wildman–Crippen LogP) is 3.49. The van der Waals surface area contributed by atoms with Crippen molar-refractivity contribution in [2.24, 2.45) is 5.73 Å². The van der Waals surface area contributed by atoms with E-state index in [1.54, 1.807) is 24.8 Å². The van der Waals surface area contributed by atoms with Crippen molar-refractivity contribution >= 4 is 5.91 Å². The summed E-state index contributed by atoms with van der Waals surface area (Å²) >= 11 is 0. The van der Waals surface area contributed by atoms with Gasteiger partial charge in [0, 0.05) is 37.8 Å². The van der Waals surface area contributed by atoms with E-state index < -0.39 is 11.4 Å². The molecule has 0 aliphatic rings. The van der Waals surface area contributed by atoms with Crippen molar-refractivity contribution in [2.75, 3.05) is 0 Å². The Labute approximate surface area is 172 Å². The summed E-state index contributed by atoms with van der Waals surface area (Å²) < 4.78 is 0. The van der Waals surface area contributed by atoms with E-state index >= 15 is 0 Å². The van der Waals surface area contributed by atoms with Gasteiger partial charge < -0.3 is 5.73 Å². The molecule has 0 fully saturated rings. The van der Waals surface area contributed by atoms with Crippen molar-refractivity contribution in [1.29, 1.82) is 0 Å². The van der Waals surface area contributed by atoms with Crippen molar-refractivity contribution in [2.45, 2.75) is 44.7 Å². The van der Waals surface area contributed by atoms with Gasteiger partial charge >= 0.3 is 0 Å². The van der Waals surface area contributed by atoms with E-state index in [0.717, 1.165) is 16.7 Å². The van der Waals surface area contributed by atoms with Crippen LogP contribution >= 0.6 is 0 Å². The van der Waals surface area contributed by atoms with Gasteiger partial charge in [-0.05, 0) is 45.9 Å². The molecule has 0 aliphatic heterocycles. The molecule has 1 unspecified atom stereocenters. The fraction of sp³-hybridized carbons (Fsp3) is 0.292. The van der Waals surface area contributed by atoms with Crippen LogP contribution in [0.1, 0.15) is 43.0 Å². The Hall–Kier alpha value is -3.05. The quantitative estimate of drug-likeness (QED) is 0.649. The highest BCUT2D eigenvalue weighted by Gasteiger charge is 2.38. The molecule has 5 heteroatoms. The minimum atomic E-state index is -1.05. The highest BCUT2D eigenvalue weighted by molar-refractivity contribution is 5.86. The number of rotatable bonds is 7. The van der Waals surface area contributed by atoms with Crippen LogP contribution in [0.2, 0.25) is 0 Å². The van der Waals surface area contributed by atoms with Crippen molar-refractivity contribution in [3.63, 3.8) is 0 Å². The summed E-state index contributed by atoms with van der Waals surface area (Å²) in [6.07, 6.45) is 7.38. The third-order valence-corrected chi connectivity index (χ3v) is 5.20. The first kappa shape index (κ1) is 20.7. The van der Waals surface area contributed by atoms with Gasteiger partial charge in [0.15, 0.2) is 0 Å². The number of nitrogens with two attached hydrogens (primary N) is 1. The molecule has 0 saturated carbocycles. The first-order valence-corrected chi connectivity index (χ1v) is 9.75. The standard InChI is InChI=1S/C24H28N4O/c1-23(2,3)20-6-8-21(9-7-20)24(22(25)29,15-19-5-4-12-27-16-19)28-17-18-10-13-26-14-11-18/h4-14,16,28H,15,17H2,1-3H3,(H2,25,29). The van der Waals surface area contributed by atoms with Crippen molar-refractivity contribution in [3.8, 4) is 0 Å². The molecular weight excluding hydrogens is 360 g/mol. The maximum atomic E-state index is 12.9. The average Bonchev–Trinajstić information content (AvgIpc) is 2.72. The molecule has 0 bridgehead atoms. The normalized spacial score (nSPS) is 13.6. The van der Waals surface area contributed by atoms with Crippen molar-refractivity contribution < 1.29 is 4.79 Å². The summed E-state index contributed by atoms with van der Waals surface area (Å²) in [6, 6.07) is 15.8. The predicted molar refractivity (Wildman–Crippen MR) is 115 cm³/mol. The zero-order valence-corrected chi connectivity index (χ0v) is 17.2. The van der Waals surface area contributed by atoms with Crippen LogP contribution in [0, 0.1) is 0 Å². The van der Waals surface area contributed by atoms with E-state index in [2.05, 4.69) is 48.2 Å². The van der Waals surface area contributed by atoms with Crippen molar-refractivity contribution in [1.82, 2.24) is 15.3 Å². The summed E-state index contributed by atoms with van der Waals surface area (Å²) in [5.41, 5.74) is 9.00. The van der Waals surface area contributed by atoms with E-state index in [9.17, 15) is 4.79 Å². The maximum absolute atomic E-state index is 12.9. The molecule has 2 heterocycles. The molecule has 1 atom stereocenters. The molecule has 0 saturated heterocycles. The second kappa shape index (κ2) is 8.53. The Morgan fingerprint density at radius 2 is 1.55 bits per heavy atom. The Kier molecular flexibility index (Phi) is 6.09. The third kappa shape index (κ3) is 4.87. The minimum absolute atomic E-state index is 0.0295. The van der Waals surface area contributed by atoms with Crippen LogP contribution in [0.15, 0.2) is 73.3 Å². The number of benzene rings is 1. The number of amides is 1. The molecule has 2 aromatic heterocycles. The van der Waals surface area contributed by atoms with Crippen LogP contribution in [0.3, 0.4) is 0 Å². The summed E-state index contributed by atoms with van der Waals surface area (Å²) in [7, 11) is 0. The zero-order valence-electron chi connectivity index (χ0n) is 17.2. The second-order valence-electron chi connectivity index (χ2n) is 8.34. The lowest BCUT2D eigenvalue weighted by Crippen LogP contribution is -2.54. The number of primary amides is 1. The molecule has 0 spiro atoms. The van der Waals surface area contributed by atoms with E-state index in [1.807, 2.05) is 36.4 Å². The number of carbonyl (C=O) groups is 1. The molecule has 0 aliphatic carbocycles. The highest BCUT2D eigenvalue weighted by atomic mass is 16.1. The van der Waals surface area contributed by atoms with Crippen LogP contribution in [0.5, 0.6) is 0 Å². The van der Waals surface area contributed by atoms with Gasteiger partial charge in [0.25, 0.3) is 0 Å². The van der Waals surface area contributed by atoms with E-state index in [0.29, 0.717) is 13.0 Å². The zero-order chi connectivity index (χ0) is 20.9. The molecule has 150 valence electrons. The first-order chi connectivity index (χ1) is 13.8. The fourth-order valence-corrected chi connectivity index (χ4v) is 3.40. The van der Waals surface area contributed by atoms with Gasteiger partial charge in [-0.2, -0.15) is 0 Å². The lowest BCUT2D eigenvalue weighted by molar-refractivity contribution is -0.125. The number of pyridine rings is 2. The molecular formula is C24H28N4O. The average molecular weight is 389 g/mol. The van der Waals surface area contributed by atoms with Gasteiger partial charge in [-0.1, -0.05) is 51.1 Å². The van der Waals surface area contributed by atoms with Crippen LogP contribution in [-0.2, 0) is 28.7 Å². The topological polar surface area (TPSA) is 80.9 Å². The minimum Gasteiger partial charge on any atom is -0.368 e. The summed E-state index contributed by atoms with van der Waals surface area (Å²) in [6.45, 7) is 6.99. The number of carbonyl (C=O) groups excluding carboxylic acids is 1. The van der Waals surface area contributed by atoms with Crippen LogP contribution < -0.4 is 11.1 Å². The Morgan fingerprint density at radius 1 is 0.897 bits per heavy atom. The second-order valence-corrected chi connectivity index (χ2v) is 8.34. The smallest absolute Gasteiger partial charge is 0.242 e. The first-order valence-electron chi connectivity index (χ1n) is 9.75. The number of hydrogen-bond donors (Lipinski definition) is 2. The van der Waals surface area contributed by atoms with Gasteiger partial charge in [0.05, 0.1) is 0 Å². The Balaban J connectivity index is 2.01. The van der Waals surface area contributed by atoms with E-state index in [4.69, 9.17) is 5.73 Å². The molecule has 3 aromatic rings. The lowest BCUT2D eigenvalue weighted by atomic mass is 9.80. The summed E-state index contributed by atoms with van der Waals surface area (Å²) in [4.78, 5) is 21.1. The van der Waals surface area contributed by atoms with Gasteiger partial charge in [0.1, 0.15) is 5.54 Å². The number of hydrogen-bond acceptors (Lipinski definition) is 4. The van der Waals surface area contributed by atoms with Crippen LogP contribution in [-0.4, -0.2) is 15.9 Å². The Bertz CT molecular complexity index is 934. The molecule has 1 aromatic carbocycles. The van der Waals surface area contributed by atoms with E-state index in [1.165, 1.54) is 5.56 Å². The number of nitrogens with one attached hydrogen (secondary N) is 1. The van der Waals surface area contributed by atoms with Crippen molar-refractivity contribution in [3.05, 3.63) is 95.6 Å². The van der Waals surface area contributed by atoms with Gasteiger partial charge in [-0.15, -0.1) is 0 Å². The largest absolute Gasteiger partial charge is 0.368 e. The van der Waals surface area contributed by atoms with E-state index in [-0.39, 0.29) is 5.41 Å². The lowest BCUT2D eigenvalue weighted by Gasteiger charge is -2.33. The molecule has 29 heavy (non-hydrogen) atoms. The Morgan fingerprint density at radius 3 is 2.10 bits per heavy atom. The molecule has 3 rings (SSSR count). The summed E-state index contributed by atoms with van der Waals surface area (Å²) in [5, 5.41) is 3.44. The SMILES string of the molecule is CC(C)(C)c1ccc(C(Cc2cccnc2)(NCc2ccncc2)C(N)=O)cc1. The van der Waals surface area contributed by atoms with Gasteiger partial charge in [-0.25, -0.2) is 0 Å². The molecule has 0 radical (unpaired) electrons. The fourth-order valence-electron chi connectivity index (χ4n) is 3.40. The molecule has 3 N–H and O–H groups in total. The highest BCUT2D eigenvalue weighted by Crippen LogP contribution is 2.29. The van der Waals surface area contributed by atoms with Crippen LogP contribution in [0.4, 0.5) is 0 Å². The number of aromatic nitrogens is 2. The molecule has 1 amide bonds. The van der Waals surface area contributed by atoms with Gasteiger partial charge in [0.2, 0.25) is 5.91 Å². The summed E-state index contributed by atoms with van der Waals surface area (Å²) in [5.74, 6) is -0.418. The third-order valence-electron chi connectivity index (χ3n) is 5.20. The monoisotopic (exact) mass is 388 g/mol. The number of nitrogens with zero attached hydrogens (tertiary/aromatic N) is 2. The van der Waals surface area contributed by atoms with Crippen LogP contribution in [0.25, 0.3) is 0 Å². The molecule has 5 nitrogen and oxygen atoms in total. The maximum Gasteiger partial charge on any atom is 0.242 e. The van der Waals surface area contributed by atoms with Gasteiger partial charge in [-0.3, -0.25) is 20.1 Å².